The van der Waals surface area contributed by atoms with Crippen molar-refractivity contribution in [2.45, 2.75) is 26.4 Å². The van der Waals surface area contributed by atoms with Crippen molar-refractivity contribution in [2.75, 3.05) is 7.11 Å². The third-order valence-corrected chi connectivity index (χ3v) is 3.12. The first kappa shape index (κ1) is 13.6. The van der Waals surface area contributed by atoms with Crippen molar-refractivity contribution in [2.24, 2.45) is 0 Å². The normalized spacial score (nSPS) is 10.4. The summed E-state index contributed by atoms with van der Waals surface area (Å²) in [5.74, 6) is 0.691. The van der Waals surface area contributed by atoms with E-state index in [4.69, 9.17) is 4.74 Å². The van der Waals surface area contributed by atoms with Crippen LogP contribution in [0.1, 0.15) is 23.6 Å². The van der Waals surface area contributed by atoms with Crippen LogP contribution in [0, 0.1) is 0 Å². The number of rotatable bonds is 6. The Kier molecular flexibility index (Phi) is 4.93. The summed E-state index contributed by atoms with van der Waals surface area (Å²) in [4.78, 5) is 4.18. The largest absolute Gasteiger partial charge is 0.481 e. The van der Waals surface area contributed by atoms with Crippen molar-refractivity contribution in [3.63, 3.8) is 0 Å². The first-order valence-electron chi connectivity index (χ1n) is 6.60. The van der Waals surface area contributed by atoms with Crippen molar-refractivity contribution in [3.8, 4) is 5.88 Å². The van der Waals surface area contributed by atoms with Crippen molar-refractivity contribution in [3.05, 3.63) is 59.3 Å². The predicted molar refractivity (Wildman–Crippen MR) is 77.2 cm³/mol. The van der Waals surface area contributed by atoms with Crippen molar-refractivity contribution in [1.29, 1.82) is 0 Å². The Balaban J connectivity index is 1.88. The molecule has 0 unspecified atom stereocenters. The van der Waals surface area contributed by atoms with Crippen LogP contribution in [0.3, 0.4) is 0 Å². The van der Waals surface area contributed by atoms with Gasteiger partial charge >= 0.3 is 0 Å². The molecule has 0 radical (unpaired) electrons. The maximum Gasteiger partial charge on any atom is 0.217 e. The topological polar surface area (TPSA) is 34.2 Å². The van der Waals surface area contributed by atoms with E-state index in [-0.39, 0.29) is 0 Å². The van der Waals surface area contributed by atoms with Crippen LogP contribution in [0.15, 0.2) is 42.6 Å². The fourth-order valence-electron chi connectivity index (χ4n) is 1.98. The van der Waals surface area contributed by atoms with Gasteiger partial charge in [-0.1, -0.05) is 37.3 Å². The molecular formula is C16H20N2O. The number of hydrogen-bond acceptors (Lipinski definition) is 3. The number of nitrogens with zero attached hydrogens (tertiary/aromatic N) is 1. The molecule has 1 aromatic heterocycles. The zero-order valence-corrected chi connectivity index (χ0v) is 11.5. The lowest BCUT2D eigenvalue weighted by atomic mass is 10.1. The van der Waals surface area contributed by atoms with Crippen LogP contribution in [0.5, 0.6) is 5.88 Å². The highest BCUT2D eigenvalue weighted by molar-refractivity contribution is 5.26. The third-order valence-electron chi connectivity index (χ3n) is 3.12. The summed E-state index contributed by atoms with van der Waals surface area (Å²) in [5.41, 5.74) is 3.74. The lowest BCUT2D eigenvalue weighted by molar-refractivity contribution is 0.390. The van der Waals surface area contributed by atoms with E-state index in [1.54, 1.807) is 13.3 Å². The van der Waals surface area contributed by atoms with Crippen LogP contribution in [0.4, 0.5) is 0 Å². The van der Waals surface area contributed by atoms with Gasteiger partial charge in [-0.15, -0.1) is 0 Å². The Bertz CT molecular complexity index is 508. The molecule has 3 nitrogen and oxygen atoms in total. The molecule has 1 aromatic carbocycles. The number of benzene rings is 1. The molecule has 100 valence electrons. The van der Waals surface area contributed by atoms with Gasteiger partial charge in [-0.25, -0.2) is 4.98 Å². The highest BCUT2D eigenvalue weighted by Crippen LogP contribution is 2.13. The fourth-order valence-corrected chi connectivity index (χ4v) is 1.98. The monoisotopic (exact) mass is 256 g/mol. The number of ether oxygens (including phenoxy) is 1. The maximum atomic E-state index is 5.23. The summed E-state index contributed by atoms with van der Waals surface area (Å²) in [5, 5.41) is 3.41. The Morgan fingerprint density at radius 2 is 1.79 bits per heavy atom. The van der Waals surface area contributed by atoms with Crippen LogP contribution in [0.25, 0.3) is 0 Å². The smallest absolute Gasteiger partial charge is 0.217 e. The average Bonchev–Trinajstić information content (AvgIpc) is 2.48. The van der Waals surface area contributed by atoms with Gasteiger partial charge in [-0.05, 0) is 23.6 Å². The summed E-state index contributed by atoms with van der Waals surface area (Å²) in [6.45, 7) is 3.77. The molecule has 2 rings (SSSR count). The Hall–Kier alpha value is -1.87. The molecule has 0 saturated heterocycles. The Morgan fingerprint density at radius 3 is 2.47 bits per heavy atom. The van der Waals surface area contributed by atoms with Crippen LogP contribution in [0.2, 0.25) is 0 Å². The molecule has 0 aliphatic rings. The van der Waals surface area contributed by atoms with Gasteiger partial charge in [0.05, 0.1) is 7.11 Å². The molecule has 3 heteroatoms. The second-order valence-electron chi connectivity index (χ2n) is 4.45. The molecule has 0 amide bonds. The quantitative estimate of drug-likeness (QED) is 0.863. The van der Waals surface area contributed by atoms with E-state index in [2.05, 4.69) is 41.5 Å². The maximum absolute atomic E-state index is 5.23. The SMILES string of the molecule is CCc1ccc(CNCc2cccnc2OC)cc1. The first-order valence-corrected chi connectivity index (χ1v) is 6.60. The summed E-state index contributed by atoms with van der Waals surface area (Å²) in [6, 6.07) is 12.7. The molecule has 0 fully saturated rings. The van der Waals surface area contributed by atoms with E-state index >= 15 is 0 Å². The van der Waals surface area contributed by atoms with Gasteiger partial charge in [-0.2, -0.15) is 0 Å². The van der Waals surface area contributed by atoms with Crippen LogP contribution < -0.4 is 10.1 Å². The van der Waals surface area contributed by atoms with Gasteiger partial charge in [0.25, 0.3) is 0 Å². The predicted octanol–water partition coefficient (Wildman–Crippen LogP) is 2.94. The summed E-state index contributed by atoms with van der Waals surface area (Å²) >= 11 is 0. The zero-order valence-electron chi connectivity index (χ0n) is 11.5. The molecule has 0 spiro atoms. The van der Waals surface area contributed by atoms with Crippen LogP contribution in [-0.4, -0.2) is 12.1 Å². The number of nitrogens with one attached hydrogen (secondary N) is 1. The minimum absolute atomic E-state index is 0.691. The van der Waals surface area contributed by atoms with Gasteiger partial charge < -0.3 is 10.1 Å². The summed E-state index contributed by atoms with van der Waals surface area (Å²) < 4.78 is 5.23. The molecule has 0 aliphatic heterocycles. The van der Waals surface area contributed by atoms with E-state index < -0.39 is 0 Å². The molecule has 0 aliphatic carbocycles. The van der Waals surface area contributed by atoms with Crippen LogP contribution >= 0.6 is 0 Å². The molecule has 2 aromatic rings. The van der Waals surface area contributed by atoms with Crippen molar-refractivity contribution in [1.82, 2.24) is 10.3 Å². The van der Waals surface area contributed by atoms with E-state index in [1.807, 2.05) is 12.1 Å². The minimum Gasteiger partial charge on any atom is -0.481 e. The second kappa shape index (κ2) is 6.90. The van der Waals surface area contributed by atoms with E-state index in [0.717, 1.165) is 25.1 Å². The highest BCUT2D eigenvalue weighted by Gasteiger charge is 2.02. The zero-order chi connectivity index (χ0) is 13.5. The molecule has 1 heterocycles. The van der Waals surface area contributed by atoms with E-state index in [0.29, 0.717) is 5.88 Å². The second-order valence-corrected chi connectivity index (χ2v) is 4.45. The number of methoxy groups -OCH3 is 1. The number of aryl methyl sites for hydroxylation is 1. The van der Waals surface area contributed by atoms with Gasteiger partial charge in [0.2, 0.25) is 5.88 Å². The van der Waals surface area contributed by atoms with Crippen molar-refractivity contribution >= 4 is 0 Å². The lowest BCUT2D eigenvalue weighted by Crippen LogP contribution is -2.13. The molecule has 19 heavy (non-hydrogen) atoms. The highest BCUT2D eigenvalue weighted by atomic mass is 16.5. The molecule has 0 bridgehead atoms. The number of aromatic nitrogens is 1. The lowest BCUT2D eigenvalue weighted by Gasteiger charge is -2.08. The Morgan fingerprint density at radius 1 is 1.05 bits per heavy atom. The van der Waals surface area contributed by atoms with Gasteiger partial charge in [0.15, 0.2) is 0 Å². The van der Waals surface area contributed by atoms with Gasteiger partial charge in [-0.3, -0.25) is 0 Å². The van der Waals surface area contributed by atoms with E-state index in [9.17, 15) is 0 Å². The Labute approximate surface area is 114 Å². The number of hydrogen-bond donors (Lipinski definition) is 1. The summed E-state index contributed by atoms with van der Waals surface area (Å²) in [7, 11) is 1.65. The molecule has 1 N–H and O–H groups in total. The van der Waals surface area contributed by atoms with Crippen molar-refractivity contribution < 1.29 is 4.74 Å². The minimum atomic E-state index is 0.691. The van der Waals surface area contributed by atoms with Crippen LogP contribution in [-0.2, 0) is 19.5 Å². The third kappa shape index (κ3) is 3.80. The average molecular weight is 256 g/mol. The summed E-state index contributed by atoms with van der Waals surface area (Å²) in [6.07, 6.45) is 2.83. The number of pyridine rings is 1. The fraction of sp³-hybridized carbons (Fsp3) is 0.312. The van der Waals surface area contributed by atoms with Gasteiger partial charge in [0, 0.05) is 24.8 Å². The first-order chi connectivity index (χ1) is 9.33. The molecule has 0 saturated carbocycles. The van der Waals surface area contributed by atoms with Gasteiger partial charge in [0.1, 0.15) is 0 Å². The molecule has 0 atom stereocenters. The molecular weight excluding hydrogens is 236 g/mol. The van der Waals surface area contributed by atoms with E-state index in [1.165, 1.54) is 11.1 Å². The standard InChI is InChI=1S/C16H20N2O/c1-3-13-6-8-14(9-7-13)11-17-12-15-5-4-10-18-16(15)19-2/h4-10,17H,3,11-12H2,1-2H3.